The van der Waals surface area contributed by atoms with Gasteiger partial charge in [-0.15, -0.1) is 0 Å². The molecule has 6 heteroatoms. The van der Waals surface area contributed by atoms with E-state index < -0.39 is 0 Å². The van der Waals surface area contributed by atoms with Crippen LogP contribution in [0.15, 0.2) is 0 Å². The van der Waals surface area contributed by atoms with Crippen LogP contribution in [-0.2, 0) is 19.0 Å². The van der Waals surface area contributed by atoms with Crippen LogP contribution in [0.2, 0.25) is 0 Å². The minimum atomic E-state index is -0.376. The number of carbonyl (C=O) groups is 1. The maximum absolute atomic E-state index is 12.0. The largest absolute Gasteiger partial charge is 0.379 e. The molecule has 0 aromatic heterocycles. The maximum Gasteiger partial charge on any atom is 0.227 e. The van der Waals surface area contributed by atoms with Gasteiger partial charge in [0.1, 0.15) is 0 Å². The predicted molar refractivity (Wildman–Crippen MR) is 67.2 cm³/mol. The van der Waals surface area contributed by atoms with Gasteiger partial charge >= 0.3 is 0 Å². The lowest BCUT2D eigenvalue weighted by molar-refractivity contribution is -0.142. The molecule has 2 unspecified atom stereocenters. The van der Waals surface area contributed by atoms with E-state index in [1.807, 2.05) is 20.9 Å². The normalized spacial score (nSPS) is 23.6. The fourth-order valence-corrected chi connectivity index (χ4v) is 1.95. The summed E-state index contributed by atoms with van der Waals surface area (Å²) in [6.07, 6.45) is -0.376. The predicted octanol–water partition coefficient (Wildman–Crippen LogP) is -0.264. The average Bonchev–Trinajstić information content (AvgIpc) is 2.84. The third-order valence-electron chi connectivity index (χ3n) is 2.94. The number of amides is 1. The molecule has 1 amide bonds. The molecule has 0 radical (unpaired) electrons. The molecule has 1 saturated heterocycles. The van der Waals surface area contributed by atoms with Crippen molar-refractivity contribution in [3.63, 3.8) is 0 Å². The van der Waals surface area contributed by atoms with Crippen molar-refractivity contribution in [2.45, 2.75) is 26.2 Å². The fourth-order valence-electron chi connectivity index (χ4n) is 1.95. The molecule has 0 aromatic carbocycles. The summed E-state index contributed by atoms with van der Waals surface area (Å²) in [6, 6.07) is 0.0858. The Hall–Kier alpha value is -0.690. The van der Waals surface area contributed by atoms with Crippen molar-refractivity contribution in [3.8, 4) is 0 Å². The van der Waals surface area contributed by atoms with Gasteiger partial charge in [0.2, 0.25) is 5.91 Å². The highest BCUT2D eigenvalue weighted by atomic mass is 16.7. The summed E-state index contributed by atoms with van der Waals surface area (Å²) in [4.78, 5) is 12.0. The van der Waals surface area contributed by atoms with Gasteiger partial charge in [-0.2, -0.15) is 0 Å². The SMILES string of the molecule is CCOC(CNC(=O)C1COCC1NC)OCC. The number of rotatable bonds is 8. The minimum Gasteiger partial charge on any atom is -0.379 e. The first-order chi connectivity index (χ1) is 8.72. The first-order valence-corrected chi connectivity index (χ1v) is 6.48. The second kappa shape index (κ2) is 8.42. The molecule has 0 aromatic rings. The van der Waals surface area contributed by atoms with Crippen molar-refractivity contribution in [1.29, 1.82) is 0 Å². The van der Waals surface area contributed by atoms with Crippen LogP contribution in [0.1, 0.15) is 13.8 Å². The summed E-state index contributed by atoms with van der Waals surface area (Å²) < 4.78 is 16.0. The van der Waals surface area contributed by atoms with E-state index in [0.29, 0.717) is 33.0 Å². The van der Waals surface area contributed by atoms with Crippen LogP contribution in [0, 0.1) is 5.92 Å². The molecular formula is C12H24N2O4. The van der Waals surface area contributed by atoms with Crippen molar-refractivity contribution in [2.24, 2.45) is 5.92 Å². The van der Waals surface area contributed by atoms with Gasteiger partial charge in [0.25, 0.3) is 0 Å². The molecule has 1 aliphatic rings. The zero-order valence-electron chi connectivity index (χ0n) is 11.4. The summed E-state index contributed by atoms with van der Waals surface area (Å²) in [5, 5.41) is 5.93. The second-order valence-corrected chi connectivity index (χ2v) is 4.12. The number of carbonyl (C=O) groups excluding carboxylic acids is 1. The molecule has 2 N–H and O–H groups in total. The summed E-state index contributed by atoms with van der Waals surface area (Å²) >= 11 is 0. The topological polar surface area (TPSA) is 68.8 Å². The van der Waals surface area contributed by atoms with Gasteiger partial charge < -0.3 is 24.8 Å². The second-order valence-electron chi connectivity index (χ2n) is 4.12. The van der Waals surface area contributed by atoms with Crippen LogP contribution in [0.25, 0.3) is 0 Å². The number of nitrogens with one attached hydrogen (secondary N) is 2. The van der Waals surface area contributed by atoms with Gasteiger partial charge in [-0.05, 0) is 20.9 Å². The van der Waals surface area contributed by atoms with E-state index in [1.54, 1.807) is 0 Å². The first kappa shape index (κ1) is 15.4. The molecule has 1 heterocycles. The Kier molecular flexibility index (Phi) is 7.19. The monoisotopic (exact) mass is 260 g/mol. The van der Waals surface area contributed by atoms with Gasteiger partial charge in [-0.3, -0.25) is 4.79 Å². The molecule has 0 spiro atoms. The van der Waals surface area contributed by atoms with E-state index >= 15 is 0 Å². The highest BCUT2D eigenvalue weighted by molar-refractivity contribution is 5.79. The van der Waals surface area contributed by atoms with Crippen LogP contribution < -0.4 is 10.6 Å². The third kappa shape index (κ3) is 4.53. The van der Waals surface area contributed by atoms with E-state index in [0.717, 1.165) is 0 Å². The van der Waals surface area contributed by atoms with E-state index in [-0.39, 0.29) is 24.2 Å². The van der Waals surface area contributed by atoms with Crippen LogP contribution in [0.4, 0.5) is 0 Å². The fraction of sp³-hybridized carbons (Fsp3) is 0.917. The van der Waals surface area contributed by atoms with Gasteiger partial charge in [-0.25, -0.2) is 0 Å². The number of ether oxygens (including phenoxy) is 3. The number of likely N-dealkylation sites (N-methyl/N-ethyl adjacent to an activating group) is 1. The summed E-state index contributed by atoms with van der Waals surface area (Å²) in [5.41, 5.74) is 0. The minimum absolute atomic E-state index is 0.0174. The van der Waals surface area contributed by atoms with Crippen LogP contribution in [0.5, 0.6) is 0 Å². The molecule has 0 bridgehead atoms. The van der Waals surface area contributed by atoms with Crippen LogP contribution in [-0.4, -0.2) is 58.3 Å². The molecule has 18 heavy (non-hydrogen) atoms. The Morgan fingerprint density at radius 3 is 2.56 bits per heavy atom. The standard InChI is InChI=1S/C12H24N2O4/c1-4-17-11(18-5-2)6-14-12(15)9-7-16-8-10(9)13-3/h9-11,13H,4-8H2,1-3H3,(H,14,15). The molecule has 0 saturated carbocycles. The Morgan fingerprint density at radius 2 is 2.00 bits per heavy atom. The lowest BCUT2D eigenvalue weighted by Gasteiger charge is -2.20. The Balaban J connectivity index is 2.34. The van der Waals surface area contributed by atoms with E-state index in [2.05, 4.69) is 10.6 Å². The van der Waals surface area contributed by atoms with Gasteiger partial charge in [-0.1, -0.05) is 0 Å². The average molecular weight is 260 g/mol. The van der Waals surface area contributed by atoms with E-state index in [9.17, 15) is 4.79 Å². The summed E-state index contributed by atoms with van der Waals surface area (Å²) in [7, 11) is 1.84. The quantitative estimate of drug-likeness (QED) is 0.588. The smallest absolute Gasteiger partial charge is 0.227 e. The van der Waals surface area contributed by atoms with E-state index in [1.165, 1.54) is 0 Å². The highest BCUT2D eigenvalue weighted by Crippen LogP contribution is 2.13. The number of hydrogen-bond acceptors (Lipinski definition) is 5. The lowest BCUT2D eigenvalue weighted by atomic mass is 10.0. The Bertz CT molecular complexity index is 244. The van der Waals surface area contributed by atoms with Crippen LogP contribution >= 0.6 is 0 Å². The third-order valence-corrected chi connectivity index (χ3v) is 2.94. The van der Waals surface area contributed by atoms with Gasteiger partial charge in [0, 0.05) is 19.3 Å². The van der Waals surface area contributed by atoms with Crippen molar-refractivity contribution in [2.75, 3.05) is 40.0 Å². The zero-order valence-corrected chi connectivity index (χ0v) is 11.4. The number of hydrogen-bond donors (Lipinski definition) is 2. The van der Waals surface area contributed by atoms with Crippen molar-refractivity contribution >= 4 is 5.91 Å². The van der Waals surface area contributed by atoms with Crippen LogP contribution in [0.3, 0.4) is 0 Å². The zero-order chi connectivity index (χ0) is 13.4. The summed E-state index contributed by atoms with van der Waals surface area (Å²) in [5.74, 6) is -0.157. The van der Waals surface area contributed by atoms with Gasteiger partial charge in [0.15, 0.2) is 6.29 Å². The molecule has 6 nitrogen and oxygen atoms in total. The van der Waals surface area contributed by atoms with Gasteiger partial charge in [0.05, 0.1) is 25.7 Å². The van der Waals surface area contributed by atoms with Crippen molar-refractivity contribution < 1.29 is 19.0 Å². The Morgan fingerprint density at radius 1 is 1.33 bits per heavy atom. The molecule has 0 aliphatic carbocycles. The molecule has 2 atom stereocenters. The highest BCUT2D eigenvalue weighted by Gasteiger charge is 2.33. The Labute approximate surface area is 108 Å². The molecule has 1 aliphatic heterocycles. The van der Waals surface area contributed by atoms with Crippen molar-refractivity contribution in [1.82, 2.24) is 10.6 Å². The molecule has 1 rings (SSSR count). The molecule has 106 valence electrons. The molecule has 1 fully saturated rings. The van der Waals surface area contributed by atoms with Crippen molar-refractivity contribution in [3.05, 3.63) is 0 Å². The molecular weight excluding hydrogens is 236 g/mol. The maximum atomic E-state index is 12.0. The summed E-state index contributed by atoms with van der Waals surface area (Å²) in [6.45, 7) is 6.33. The van der Waals surface area contributed by atoms with E-state index in [4.69, 9.17) is 14.2 Å². The first-order valence-electron chi connectivity index (χ1n) is 6.48. The lowest BCUT2D eigenvalue weighted by Crippen LogP contribution is -2.45.